The van der Waals surface area contributed by atoms with Crippen LogP contribution < -0.4 is 9.91 Å². The molecule has 0 saturated carbocycles. The van der Waals surface area contributed by atoms with Gasteiger partial charge in [0.25, 0.3) is 5.91 Å². The van der Waals surface area contributed by atoms with Gasteiger partial charge in [-0.3, -0.25) is 14.4 Å². The monoisotopic (exact) mass is 746 g/mol. The molecule has 2 N–H and O–H groups in total. The van der Waals surface area contributed by atoms with Crippen molar-refractivity contribution >= 4 is 50.7 Å². The number of fused-ring (bicyclic) bond motifs is 2. The standard InChI is InChI=1S/C41H39BrN4O5/c1-27(9-7-16-38(48)44-25-31-14-6-5-13-30(31)22-34(44)26-47)41(51)35-23-32(42)17-19-37(35)45(40(41)50)24-28-10-8-15-33(21-28)46-39(49)20-18-36(43-46)29-11-3-2-4-12-29/h2-15,17,19,21,23,27,34,47,51H,16,18,20,22,24-26H2,1H3/b9-7+/t27-,34+,41+/m1/s1. The van der Waals surface area contributed by atoms with Crippen molar-refractivity contribution in [3.05, 3.63) is 142 Å². The molecule has 7 rings (SSSR count). The molecule has 0 radical (unpaired) electrons. The summed E-state index contributed by atoms with van der Waals surface area (Å²) in [6.07, 6.45) is 4.98. The zero-order valence-corrected chi connectivity index (χ0v) is 29.9. The van der Waals surface area contributed by atoms with Crippen molar-refractivity contribution in [2.75, 3.05) is 16.5 Å². The molecule has 0 aromatic heterocycles. The Morgan fingerprint density at radius 2 is 1.75 bits per heavy atom. The van der Waals surface area contributed by atoms with Gasteiger partial charge in [-0.15, -0.1) is 0 Å². The molecule has 4 aromatic carbocycles. The van der Waals surface area contributed by atoms with Crippen molar-refractivity contribution < 1.29 is 24.6 Å². The van der Waals surface area contributed by atoms with Gasteiger partial charge >= 0.3 is 0 Å². The summed E-state index contributed by atoms with van der Waals surface area (Å²) in [7, 11) is 0. The van der Waals surface area contributed by atoms with Crippen molar-refractivity contribution in [3.8, 4) is 0 Å². The Bertz CT molecular complexity index is 2050. The highest BCUT2D eigenvalue weighted by atomic mass is 79.9. The van der Waals surface area contributed by atoms with Crippen LogP contribution in [0.4, 0.5) is 11.4 Å². The Labute approximate surface area is 305 Å². The fourth-order valence-corrected chi connectivity index (χ4v) is 7.67. The Kier molecular flexibility index (Phi) is 9.74. The molecule has 0 aliphatic carbocycles. The fourth-order valence-electron chi connectivity index (χ4n) is 7.31. The molecule has 4 aromatic rings. The predicted molar refractivity (Wildman–Crippen MR) is 200 cm³/mol. The predicted octanol–water partition coefficient (Wildman–Crippen LogP) is 6.24. The molecule has 3 heterocycles. The first-order chi connectivity index (χ1) is 24.7. The summed E-state index contributed by atoms with van der Waals surface area (Å²) >= 11 is 3.51. The van der Waals surface area contributed by atoms with E-state index in [9.17, 15) is 24.6 Å². The van der Waals surface area contributed by atoms with Crippen LogP contribution >= 0.6 is 15.9 Å². The molecule has 3 atom stereocenters. The molecule has 3 aliphatic rings. The Balaban J connectivity index is 1.10. The zero-order chi connectivity index (χ0) is 35.7. The maximum atomic E-state index is 14.3. The van der Waals surface area contributed by atoms with Gasteiger partial charge in [-0.2, -0.15) is 5.10 Å². The summed E-state index contributed by atoms with van der Waals surface area (Å²) in [6.45, 7) is 2.23. The van der Waals surface area contributed by atoms with Crippen LogP contribution in [0.15, 0.2) is 119 Å². The summed E-state index contributed by atoms with van der Waals surface area (Å²) in [5.41, 5.74) is 4.55. The molecule has 3 aliphatic heterocycles. The van der Waals surface area contributed by atoms with Gasteiger partial charge in [-0.1, -0.05) is 102 Å². The average Bonchev–Trinajstić information content (AvgIpc) is 3.36. The van der Waals surface area contributed by atoms with Crippen LogP contribution in [0.3, 0.4) is 0 Å². The number of aliphatic hydroxyl groups excluding tert-OH is 1. The normalized spacial score (nSPS) is 20.7. The first kappa shape index (κ1) is 34.5. The lowest BCUT2D eigenvalue weighted by molar-refractivity contribution is -0.139. The van der Waals surface area contributed by atoms with Gasteiger partial charge in [0.2, 0.25) is 11.8 Å². The minimum Gasteiger partial charge on any atom is -0.394 e. The molecule has 9 nitrogen and oxygen atoms in total. The maximum absolute atomic E-state index is 14.3. The van der Waals surface area contributed by atoms with Crippen LogP contribution in [-0.4, -0.2) is 51.2 Å². The lowest BCUT2D eigenvalue weighted by Crippen LogP contribution is -2.46. The third-order valence-corrected chi connectivity index (χ3v) is 10.6. The Morgan fingerprint density at radius 1 is 0.980 bits per heavy atom. The number of carbonyl (C=O) groups is 3. The number of hydrogen-bond acceptors (Lipinski definition) is 6. The number of anilines is 2. The van der Waals surface area contributed by atoms with Crippen molar-refractivity contribution in [3.63, 3.8) is 0 Å². The topological polar surface area (TPSA) is 114 Å². The van der Waals surface area contributed by atoms with Crippen LogP contribution in [0.25, 0.3) is 0 Å². The van der Waals surface area contributed by atoms with Gasteiger partial charge < -0.3 is 20.0 Å². The molecule has 51 heavy (non-hydrogen) atoms. The number of nitrogens with zero attached hydrogens (tertiary/aromatic N) is 4. The van der Waals surface area contributed by atoms with Crippen LogP contribution in [0.5, 0.6) is 0 Å². The van der Waals surface area contributed by atoms with Crippen LogP contribution in [0.1, 0.15) is 54.0 Å². The van der Waals surface area contributed by atoms with Gasteiger partial charge in [-0.25, -0.2) is 5.01 Å². The van der Waals surface area contributed by atoms with E-state index >= 15 is 0 Å². The van der Waals surface area contributed by atoms with Crippen LogP contribution in [0, 0.1) is 5.92 Å². The molecule has 3 amide bonds. The fraction of sp³-hybridized carbons (Fsp3) is 0.268. The summed E-state index contributed by atoms with van der Waals surface area (Å²) in [4.78, 5) is 43.9. The number of rotatable bonds is 9. The van der Waals surface area contributed by atoms with E-state index in [0.717, 1.165) is 32.4 Å². The molecule has 0 unspecified atom stereocenters. The number of benzene rings is 4. The van der Waals surface area contributed by atoms with Gasteiger partial charge in [0, 0.05) is 41.8 Å². The van der Waals surface area contributed by atoms with E-state index in [-0.39, 0.29) is 37.4 Å². The molecule has 0 saturated heterocycles. The number of hydrogen-bond donors (Lipinski definition) is 2. The second-order valence-corrected chi connectivity index (χ2v) is 14.3. The van der Waals surface area contributed by atoms with E-state index in [1.165, 1.54) is 5.01 Å². The van der Waals surface area contributed by atoms with E-state index in [1.807, 2.05) is 91.0 Å². The molecule has 10 heteroatoms. The number of carbonyl (C=O) groups excluding carboxylic acids is 3. The number of hydrazone groups is 1. The zero-order valence-electron chi connectivity index (χ0n) is 28.3. The largest absolute Gasteiger partial charge is 0.394 e. The van der Waals surface area contributed by atoms with Crippen LogP contribution in [-0.2, 0) is 39.5 Å². The van der Waals surface area contributed by atoms with Crippen molar-refractivity contribution in [1.82, 2.24) is 4.90 Å². The van der Waals surface area contributed by atoms with E-state index < -0.39 is 17.4 Å². The Morgan fingerprint density at radius 3 is 2.53 bits per heavy atom. The maximum Gasteiger partial charge on any atom is 0.264 e. The highest BCUT2D eigenvalue weighted by Gasteiger charge is 2.52. The number of aliphatic hydroxyl groups is 2. The van der Waals surface area contributed by atoms with Crippen molar-refractivity contribution in [2.24, 2.45) is 11.0 Å². The van der Waals surface area contributed by atoms with Crippen molar-refractivity contribution in [1.29, 1.82) is 0 Å². The SMILES string of the molecule is C[C@H](/C=C/CC(=O)N1Cc2ccccc2C[C@H]1CO)[C@@]1(O)C(=O)N(Cc2cccc(N3N=C(c4ccccc4)CCC3=O)c2)c2ccc(Br)cc21. The summed E-state index contributed by atoms with van der Waals surface area (Å²) in [6, 6.07) is 30.3. The summed E-state index contributed by atoms with van der Waals surface area (Å²) in [5.74, 6) is -1.39. The minimum atomic E-state index is -1.88. The smallest absolute Gasteiger partial charge is 0.264 e. The first-order valence-corrected chi connectivity index (χ1v) is 18.0. The summed E-state index contributed by atoms with van der Waals surface area (Å²) in [5, 5.41) is 28.4. The molecule has 260 valence electrons. The van der Waals surface area contributed by atoms with E-state index in [0.29, 0.717) is 42.7 Å². The molecular formula is C41H39BrN4O5. The third kappa shape index (κ3) is 6.67. The highest BCUT2D eigenvalue weighted by molar-refractivity contribution is 9.10. The van der Waals surface area contributed by atoms with Crippen molar-refractivity contribution in [2.45, 2.75) is 57.3 Å². The van der Waals surface area contributed by atoms with Crippen LogP contribution in [0.2, 0.25) is 0 Å². The Hall–Kier alpha value is -4.90. The third-order valence-electron chi connectivity index (χ3n) is 10.1. The lowest BCUT2D eigenvalue weighted by Gasteiger charge is -2.36. The van der Waals surface area contributed by atoms with Gasteiger partial charge in [0.05, 0.1) is 36.3 Å². The minimum absolute atomic E-state index is 0.0683. The molecule has 0 spiro atoms. The number of amides is 3. The second-order valence-electron chi connectivity index (χ2n) is 13.4. The van der Waals surface area contributed by atoms with E-state index in [4.69, 9.17) is 5.10 Å². The van der Waals surface area contributed by atoms with Gasteiger partial charge in [0.1, 0.15) is 0 Å². The van der Waals surface area contributed by atoms with E-state index in [1.54, 1.807) is 34.9 Å². The molecule has 0 fully saturated rings. The lowest BCUT2D eigenvalue weighted by atomic mass is 9.83. The van der Waals surface area contributed by atoms with Gasteiger partial charge in [0.15, 0.2) is 5.60 Å². The van der Waals surface area contributed by atoms with E-state index in [2.05, 4.69) is 15.9 Å². The second kappa shape index (κ2) is 14.4. The highest BCUT2D eigenvalue weighted by Crippen LogP contribution is 2.47. The molecular weight excluding hydrogens is 708 g/mol. The first-order valence-electron chi connectivity index (χ1n) is 17.2. The number of halogens is 1. The average molecular weight is 748 g/mol. The van der Waals surface area contributed by atoms with Gasteiger partial charge in [-0.05, 0) is 59.0 Å². The quantitative estimate of drug-likeness (QED) is 0.197. The summed E-state index contributed by atoms with van der Waals surface area (Å²) < 4.78 is 0.721. The molecule has 0 bridgehead atoms.